The highest BCUT2D eigenvalue weighted by atomic mass is 16.5. The number of nitrogens with zero attached hydrogens (tertiary/aromatic N) is 1. The van der Waals surface area contributed by atoms with E-state index in [1.54, 1.807) is 0 Å². The van der Waals surface area contributed by atoms with E-state index in [1.165, 1.54) is 23.9 Å². The third kappa shape index (κ3) is 2.66. The lowest BCUT2D eigenvalue weighted by Gasteiger charge is -2.33. The fourth-order valence-electron chi connectivity index (χ4n) is 2.58. The van der Waals surface area contributed by atoms with Crippen LogP contribution in [0.25, 0.3) is 0 Å². The summed E-state index contributed by atoms with van der Waals surface area (Å²) < 4.78 is 4.82. The van der Waals surface area contributed by atoms with Crippen LogP contribution < -0.4 is 4.90 Å². The highest BCUT2D eigenvalue weighted by molar-refractivity contribution is 5.72. The van der Waals surface area contributed by atoms with Crippen molar-refractivity contribution in [2.75, 3.05) is 25.1 Å². The van der Waals surface area contributed by atoms with Crippen molar-refractivity contribution in [1.29, 1.82) is 0 Å². The fraction of sp³-hybridized carbons (Fsp3) is 0.533. The average Bonchev–Trinajstić information content (AvgIpc) is 2.41. The Labute approximate surface area is 109 Å². The highest BCUT2D eigenvalue weighted by Gasteiger charge is 2.26. The average molecular weight is 247 g/mol. The maximum Gasteiger partial charge on any atom is 0.308 e. The molecule has 3 nitrogen and oxygen atoms in total. The molecule has 18 heavy (non-hydrogen) atoms. The molecule has 0 spiro atoms. The van der Waals surface area contributed by atoms with E-state index in [2.05, 4.69) is 36.9 Å². The van der Waals surface area contributed by atoms with Gasteiger partial charge in [0.1, 0.15) is 0 Å². The maximum atomic E-state index is 11.5. The molecule has 0 atom stereocenters. The molecule has 1 heterocycles. The van der Waals surface area contributed by atoms with Crippen LogP contribution in [0.5, 0.6) is 0 Å². The van der Waals surface area contributed by atoms with Gasteiger partial charge in [-0.05, 0) is 43.9 Å². The van der Waals surface area contributed by atoms with Gasteiger partial charge in [-0.1, -0.05) is 12.1 Å². The van der Waals surface area contributed by atoms with Crippen LogP contribution in [0, 0.1) is 19.8 Å². The first-order valence-corrected chi connectivity index (χ1v) is 6.52. The summed E-state index contributed by atoms with van der Waals surface area (Å²) >= 11 is 0. The topological polar surface area (TPSA) is 29.5 Å². The predicted molar refractivity (Wildman–Crippen MR) is 72.9 cm³/mol. The Balaban J connectivity index is 2.05. The van der Waals surface area contributed by atoms with Gasteiger partial charge in [-0.15, -0.1) is 0 Å². The molecule has 0 radical (unpaired) electrons. The first-order valence-electron chi connectivity index (χ1n) is 6.52. The summed E-state index contributed by atoms with van der Waals surface area (Å²) in [5, 5.41) is 0. The normalized spacial score (nSPS) is 16.7. The van der Waals surface area contributed by atoms with Gasteiger partial charge in [0.2, 0.25) is 0 Å². The zero-order chi connectivity index (χ0) is 13.1. The predicted octanol–water partition coefficient (Wildman–Crippen LogP) is 2.69. The molecule has 0 aliphatic carbocycles. The molecule has 2 rings (SSSR count). The molecule has 0 aromatic heterocycles. The number of piperidine rings is 1. The minimum absolute atomic E-state index is 0.0596. The molecular weight excluding hydrogens is 226 g/mol. The second kappa shape index (κ2) is 5.42. The highest BCUT2D eigenvalue weighted by Crippen LogP contribution is 2.27. The number of carbonyl (C=O) groups excluding carboxylic acids is 1. The molecule has 1 aromatic rings. The zero-order valence-electron chi connectivity index (χ0n) is 11.4. The van der Waals surface area contributed by atoms with Crippen LogP contribution in [-0.4, -0.2) is 26.2 Å². The smallest absolute Gasteiger partial charge is 0.308 e. The van der Waals surface area contributed by atoms with E-state index in [0.29, 0.717) is 0 Å². The molecule has 0 N–H and O–H groups in total. The molecule has 1 aromatic carbocycles. The largest absolute Gasteiger partial charge is 0.469 e. The third-order valence-electron chi connectivity index (χ3n) is 3.73. The first-order chi connectivity index (χ1) is 8.61. The quantitative estimate of drug-likeness (QED) is 0.753. The Kier molecular flexibility index (Phi) is 3.90. The van der Waals surface area contributed by atoms with Crippen LogP contribution in [0.2, 0.25) is 0 Å². The van der Waals surface area contributed by atoms with Crippen molar-refractivity contribution in [1.82, 2.24) is 0 Å². The van der Waals surface area contributed by atoms with E-state index in [9.17, 15) is 4.79 Å². The number of benzene rings is 1. The minimum Gasteiger partial charge on any atom is -0.469 e. The van der Waals surface area contributed by atoms with Gasteiger partial charge in [0.05, 0.1) is 13.0 Å². The Bertz CT molecular complexity index is 434. The van der Waals surface area contributed by atoms with Crippen LogP contribution in [0.15, 0.2) is 18.2 Å². The Hall–Kier alpha value is -1.51. The van der Waals surface area contributed by atoms with E-state index < -0.39 is 0 Å². The van der Waals surface area contributed by atoms with E-state index in [0.717, 1.165) is 25.9 Å². The number of hydrogen-bond acceptors (Lipinski definition) is 3. The van der Waals surface area contributed by atoms with Crippen LogP contribution in [-0.2, 0) is 9.53 Å². The number of carbonyl (C=O) groups is 1. The van der Waals surface area contributed by atoms with Gasteiger partial charge in [0.15, 0.2) is 0 Å². The molecule has 0 unspecified atom stereocenters. The molecule has 0 bridgehead atoms. The van der Waals surface area contributed by atoms with Crippen LogP contribution in [0.3, 0.4) is 0 Å². The minimum atomic E-state index is -0.0596. The van der Waals surface area contributed by atoms with Crippen LogP contribution >= 0.6 is 0 Å². The van der Waals surface area contributed by atoms with Gasteiger partial charge in [-0.25, -0.2) is 0 Å². The molecule has 1 aliphatic heterocycles. The first kappa shape index (κ1) is 12.9. The number of aryl methyl sites for hydroxylation is 2. The van der Waals surface area contributed by atoms with E-state index in [4.69, 9.17) is 4.74 Å². The Morgan fingerprint density at radius 2 is 1.94 bits per heavy atom. The van der Waals surface area contributed by atoms with Gasteiger partial charge in [-0.2, -0.15) is 0 Å². The summed E-state index contributed by atoms with van der Waals surface area (Å²) in [5.74, 6) is 0.0204. The van der Waals surface area contributed by atoms with Crippen molar-refractivity contribution >= 4 is 11.7 Å². The number of rotatable bonds is 2. The lowest BCUT2D eigenvalue weighted by molar-refractivity contribution is -0.146. The second-order valence-electron chi connectivity index (χ2n) is 5.07. The number of esters is 1. The summed E-state index contributed by atoms with van der Waals surface area (Å²) in [5.41, 5.74) is 3.89. The summed E-state index contributed by atoms with van der Waals surface area (Å²) in [6, 6.07) is 6.53. The van der Waals surface area contributed by atoms with E-state index in [1.807, 2.05) is 0 Å². The van der Waals surface area contributed by atoms with Crippen LogP contribution in [0.4, 0.5) is 5.69 Å². The molecule has 1 aliphatic rings. The fourth-order valence-corrected chi connectivity index (χ4v) is 2.58. The van der Waals surface area contributed by atoms with Crippen molar-refractivity contribution in [3.8, 4) is 0 Å². The summed E-state index contributed by atoms with van der Waals surface area (Å²) in [6.45, 7) is 6.12. The van der Waals surface area contributed by atoms with Crippen LogP contribution in [0.1, 0.15) is 24.0 Å². The SMILES string of the molecule is COC(=O)C1CCN(c2cc(C)ccc2C)CC1. The monoisotopic (exact) mass is 247 g/mol. The molecule has 1 fully saturated rings. The maximum absolute atomic E-state index is 11.5. The summed E-state index contributed by atoms with van der Waals surface area (Å²) in [7, 11) is 1.47. The van der Waals surface area contributed by atoms with Crippen molar-refractivity contribution in [3.05, 3.63) is 29.3 Å². The lowest BCUT2D eigenvalue weighted by Crippen LogP contribution is -2.37. The summed E-state index contributed by atoms with van der Waals surface area (Å²) in [4.78, 5) is 13.9. The molecule has 98 valence electrons. The third-order valence-corrected chi connectivity index (χ3v) is 3.73. The molecule has 3 heteroatoms. The Morgan fingerprint density at radius 1 is 1.28 bits per heavy atom. The van der Waals surface area contributed by atoms with Gasteiger partial charge in [-0.3, -0.25) is 4.79 Å². The van der Waals surface area contributed by atoms with Crippen molar-refractivity contribution in [3.63, 3.8) is 0 Å². The number of methoxy groups -OCH3 is 1. The molecule has 1 saturated heterocycles. The van der Waals surface area contributed by atoms with E-state index >= 15 is 0 Å². The van der Waals surface area contributed by atoms with Crippen molar-refractivity contribution < 1.29 is 9.53 Å². The number of ether oxygens (including phenoxy) is 1. The zero-order valence-corrected chi connectivity index (χ0v) is 11.4. The van der Waals surface area contributed by atoms with E-state index in [-0.39, 0.29) is 11.9 Å². The summed E-state index contributed by atoms with van der Waals surface area (Å²) in [6.07, 6.45) is 1.78. The molecular formula is C15H21NO2. The molecule has 0 saturated carbocycles. The number of anilines is 1. The van der Waals surface area contributed by atoms with Crippen molar-refractivity contribution in [2.24, 2.45) is 5.92 Å². The number of hydrogen-bond donors (Lipinski definition) is 0. The standard InChI is InChI=1S/C15H21NO2/c1-11-4-5-12(2)14(10-11)16-8-6-13(7-9-16)15(17)18-3/h4-5,10,13H,6-9H2,1-3H3. The van der Waals surface area contributed by atoms with Gasteiger partial charge >= 0.3 is 5.97 Å². The van der Waals surface area contributed by atoms with Gasteiger partial charge < -0.3 is 9.64 Å². The van der Waals surface area contributed by atoms with Gasteiger partial charge in [0.25, 0.3) is 0 Å². The lowest BCUT2D eigenvalue weighted by atomic mass is 9.96. The van der Waals surface area contributed by atoms with Gasteiger partial charge in [0, 0.05) is 18.8 Å². The van der Waals surface area contributed by atoms with Crippen molar-refractivity contribution in [2.45, 2.75) is 26.7 Å². The molecule has 0 amide bonds. The second-order valence-corrected chi connectivity index (χ2v) is 5.07. The Morgan fingerprint density at radius 3 is 2.56 bits per heavy atom.